The van der Waals surface area contributed by atoms with E-state index in [4.69, 9.17) is 9.47 Å². The van der Waals surface area contributed by atoms with Crippen LogP contribution in [-0.4, -0.2) is 21.5 Å². The monoisotopic (exact) mass is 555 g/mol. The molecular formula is C30H29F4N3O3. The number of nitrogens with zero attached hydrogens (tertiary/aromatic N) is 3. The van der Waals surface area contributed by atoms with E-state index >= 15 is 0 Å². The highest BCUT2D eigenvalue weighted by atomic mass is 19.4. The van der Waals surface area contributed by atoms with Crippen LogP contribution in [0.4, 0.5) is 33.9 Å². The molecule has 4 rings (SSSR count). The molecule has 3 aromatic carbocycles. The summed E-state index contributed by atoms with van der Waals surface area (Å²) in [5.74, 6) is -0.900. The van der Waals surface area contributed by atoms with E-state index in [9.17, 15) is 22.4 Å². The summed E-state index contributed by atoms with van der Waals surface area (Å²) in [6.07, 6.45) is -6.17. The predicted molar refractivity (Wildman–Crippen MR) is 143 cm³/mol. The molecule has 0 aliphatic carbocycles. The van der Waals surface area contributed by atoms with Crippen molar-refractivity contribution >= 4 is 17.6 Å². The summed E-state index contributed by atoms with van der Waals surface area (Å²) in [6.45, 7) is 6.71. The SMILES string of the molecule is Cc1ccc(CN(c2ccc(F)c(OCc3ccccc3)c2)c2cc(C(F)(F)F)n(C(=O)OC(C)(C)C)n2)cc1. The summed E-state index contributed by atoms with van der Waals surface area (Å²) >= 11 is 0. The maximum absolute atomic E-state index is 14.7. The molecule has 0 unspecified atom stereocenters. The summed E-state index contributed by atoms with van der Waals surface area (Å²) in [5, 5.41) is 4.01. The average Bonchev–Trinajstić information content (AvgIpc) is 3.34. The number of carbonyl (C=O) groups is 1. The Labute approximate surface area is 229 Å². The van der Waals surface area contributed by atoms with Gasteiger partial charge in [-0.2, -0.15) is 17.9 Å². The van der Waals surface area contributed by atoms with Crippen molar-refractivity contribution in [2.45, 2.75) is 52.6 Å². The van der Waals surface area contributed by atoms with Crippen LogP contribution in [-0.2, 0) is 24.1 Å². The fraction of sp³-hybridized carbons (Fsp3) is 0.267. The van der Waals surface area contributed by atoms with Crippen molar-refractivity contribution in [1.82, 2.24) is 9.78 Å². The third-order valence-corrected chi connectivity index (χ3v) is 5.75. The van der Waals surface area contributed by atoms with E-state index < -0.39 is 29.4 Å². The lowest BCUT2D eigenvalue weighted by molar-refractivity contribution is -0.143. The van der Waals surface area contributed by atoms with Crippen LogP contribution in [0.3, 0.4) is 0 Å². The van der Waals surface area contributed by atoms with Crippen LogP contribution >= 0.6 is 0 Å². The Hall–Kier alpha value is -4.34. The van der Waals surface area contributed by atoms with Crippen molar-refractivity contribution in [3.63, 3.8) is 0 Å². The van der Waals surface area contributed by atoms with Gasteiger partial charge in [-0.15, -0.1) is 5.10 Å². The van der Waals surface area contributed by atoms with Crippen molar-refractivity contribution in [1.29, 1.82) is 0 Å². The van der Waals surface area contributed by atoms with Crippen molar-refractivity contribution < 1.29 is 31.8 Å². The lowest BCUT2D eigenvalue weighted by Gasteiger charge is -2.24. The van der Waals surface area contributed by atoms with Gasteiger partial charge in [0.1, 0.15) is 12.2 Å². The number of benzene rings is 3. The first-order valence-corrected chi connectivity index (χ1v) is 12.5. The van der Waals surface area contributed by atoms with E-state index in [-0.39, 0.29) is 29.4 Å². The van der Waals surface area contributed by atoms with Crippen molar-refractivity contribution in [2.24, 2.45) is 0 Å². The fourth-order valence-electron chi connectivity index (χ4n) is 3.83. The van der Waals surface area contributed by atoms with Gasteiger partial charge in [-0.25, -0.2) is 9.18 Å². The molecule has 0 radical (unpaired) electrons. The molecule has 0 spiro atoms. The van der Waals surface area contributed by atoms with Crippen LogP contribution in [0.5, 0.6) is 5.75 Å². The fourth-order valence-corrected chi connectivity index (χ4v) is 3.83. The highest BCUT2D eigenvalue weighted by Crippen LogP contribution is 2.36. The second-order valence-corrected chi connectivity index (χ2v) is 10.2. The maximum Gasteiger partial charge on any atom is 0.435 e. The Kier molecular flexibility index (Phi) is 8.18. The molecule has 0 amide bonds. The zero-order chi connectivity index (χ0) is 29.1. The first-order valence-electron chi connectivity index (χ1n) is 12.5. The minimum atomic E-state index is -4.90. The zero-order valence-corrected chi connectivity index (χ0v) is 22.5. The molecule has 6 nitrogen and oxygen atoms in total. The van der Waals surface area contributed by atoms with Crippen molar-refractivity contribution in [2.75, 3.05) is 4.90 Å². The number of halogens is 4. The summed E-state index contributed by atoms with van der Waals surface area (Å²) in [5.41, 5.74) is 0.537. The normalized spacial score (nSPS) is 11.8. The minimum Gasteiger partial charge on any atom is -0.486 e. The van der Waals surface area contributed by atoms with E-state index in [0.717, 1.165) is 22.8 Å². The molecule has 0 bridgehead atoms. The number of alkyl halides is 3. The third kappa shape index (κ3) is 7.19. The van der Waals surface area contributed by atoms with Gasteiger partial charge in [0.25, 0.3) is 0 Å². The molecular weight excluding hydrogens is 526 g/mol. The Morgan fingerprint density at radius 3 is 2.23 bits per heavy atom. The van der Waals surface area contributed by atoms with E-state index in [1.165, 1.54) is 23.1 Å². The Morgan fingerprint density at radius 1 is 0.925 bits per heavy atom. The predicted octanol–water partition coefficient (Wildman–Crippen LogP) is 8.05. The van der Waals surface area contributed by atoms with Gasteiger partial charge in [-0.05, 0) is 51.0 Å². The highest BCUT2D eigenvalue weighted by molar-refractivity contribution is 5.73. The van der Waals surface area contributed by atoms with Gasteiger partial charge in [-0.1, -0.05) is 60.2 Å². The summed E-state index contributed by atoms with van der Waals surface area (Å²) in [6, 6.07) is 21.3. The standard InChI is InChI=1S/C30H29F4N3O3/c1-20-10-12-21(13-11-20)18-36(23-14-15-24(31)25(16-23)39-19-22-8-6-5-7-9-22)27-17-26(30(32,33)34)37(35-27)28(38)40-29(2,3)4/h5-17H,18-19H2,1-4H3. The molecule has 10 heteroatoms. The third-order valence-electron chi connectivity index (χ3n) is 5.75. The first kappa shape index (κ1) is 28.7. The summed E-state index contributed by atoms with van der Waals surface area (Å²) in [4.78, 5) is 14.2. The topological polar surface area (TPSA) is 56.6 Å². The van der Waals surface area contributed by atoms with Crippen LogP contribution in [0, 0.1) is 12.7 Å². The van der Waals surface area contributed by atoms with Gasteiger partial charge < -0.3 is 14.4 Å². The van der Waals surface area contributed by atoms with Gasteiger partial charge in [0.15, 0.2) is 23.1 Å². The molecule has 1 heterocycles. The number of ether oxygens (including phenoxy) is 2. The average molecular weight is 556 g/mol. The van der Waals surface area contributed by atoms with Crippen LogP contribution in [0.15, 0.2) is 78.9 Å². The number of hydrogen-bond donors (Lipinski definition) is 0. The van der Waals surface area contributed by atoms with Gasteiger partial charge >= 0.3 is 12.3 Å². The summed E-state index contributed by atoms with van der Waals surface area (Å²) in [7, 11) is 0. The zero-order valence-electron chi connectivity index (χ0n) is 22.5. The van der Waals surface area contributed by atoms with Gasteiger partial charge in [0, 0.05) is 24.4 Å². The molecule has 210 valence electrons. The number of carbonyl (C=O) groups excluding carboxylic acids is 1. The molecule has 0 fully saturated rings. The van der Waals surface area contributed by atoms with E-state index in [1.807, 2.05) is 61.5 Å². The van der Waals surface area contributed by atoms with Crippen molar-refractivity contribution in [3.8, 4) is 5.75 Å². The van der Waals surface area contributed by atoms with Crippen LogP contribution in [0.1, 0.15) is 43.2 Å². The molecule has 0 saturated heterocycles. The van der Waals surface area contributed by atoms with Gasteiger partial charge in [0.05, 0.1) is 0 Å². The number of hydrogen-bond acceptors (Lipinski definition) is 5. The molecule has 4 aromatic rings. The number of anilines is 2. The summed E-state index contributed by atoms with van der Waals surface area (Å²) < 4.78 is 67.9. The molecule has 0 aliphatic heterocycles. The molecule has 40 heavy (non-hydrogen) atoms. The van der Waals surface area contributed by atoms with E-state index in [1.54, 1.807) is 20.8 Å². The quantitative estimate of drug-likeness (QED) is 0.216. The Balaban J connectivity index is 1.77. The van der Waals surface area contributed by atoms with E-state index in [0.29, 0.717) is 5.69 Å². The van der Waals surface area contributed by atoms with Crippen LogP contribution in [0.2, 0.25) is 0 Å². The smallest absolute Gasteiger partial charge is 0.435 e. The number of aromatic nitrogens is 2. The molecule has 1 aromatic heterocycles. The minimum absolute atomic E-state index is 0.0761. The number of aryl methyl sites for hydroxylation is 1. The Bertz CT molecular complexity index is 1460. The maximum atomic E-state index is 14.7. The van der Waals surface area contributed by atoms with E-state index in [2.05, 4.69) is 5.10 Å². The van der Waals surface area contributed by atoms with Crippen molar-refractivity contribution in [3.05, 3.63) is 107 Å². The van der Waals surface area contributed by atoms with Gasteiger partial charge in [-0.3, -0.25) is 0 Å². The second-order valence-electron chi connectivity index (χ2n) is 10.2. The molecule has 0 saturated carbocycles. The highest BCUT2D eigenvalue weighted by Gasteiger charge is 2.39. The lowest BCUT2D eigenvalue weighted by Crippen LogP contribution is -2.30. The second kappa shape index (κ2) is 11.4. The molecule has 0 atom stereocenters. The van der Waals surface area contributed by atoms with Gasteiger partial charge in [0.2, 0.25) is 0 Å². The first-order chi connectivity index (χ1) is 18.8. The van der Waals surface area contributed by atoms with Crippen LogP contribution in [0.25, 0.3) is 0 Å². The largest absolute Gasteiger partial charge is 0.486 e. The Morgan fingerprint density at radius 2 is 1.60 bits per heavy atom. The number of rotatable bonds is 7. The van der Waals surface area contributed by atoms with Crippen LogP contribution < -0.4 is 9.64 Å². The lowest BCUT2D eigenvalue weighted by atomic mass is 10.1. The molecule has 0 N–H and O–H groups in total. The molecule has 0 aliphatic rings.